The van der Waals surface area contributed by atoms with Crippen LogP contribution in [-0.2, 0) is 11.3 Å². The highest BCUT2D eigenvalue weighted by Gasteiger charge is 2.02. The summed E-state index contributed by atoms with van der Waals surface area (Å²) in [6.07, 6.45) is 1.02. The van der Waals surface area contributed by atoms with Crippen molar-refractivity contribution in [3.63, 3.8) is 0 Å². The number of rotatable bonds is 5. The number of hydrogen-bond donors (Lipinski definition) is 1. The summed E-state index contributed by atoms with van der Waals surface area (Å²) in [4.78, 5) is 0. The summed E-state index contributed by atoms with van der Waals surface area (Å²) in [5, 5.41) is 0. The van der Waals surface area contributed by atoms with Gasteiger partial charge >= 0.3 is 0 Å². The first kappa shape index (κ1) is 10.9. The highest BCUT2D eigenvalue weighted by atomic mass is 16.5. The summed E-state index contributed by atoms with van der Waals surface area (Å²) in [5.41, 5.74) is 7.41. The summed E-state index contributed by atoms with van der Waals surface area (Å²) in [5.74, 6) is 0.829. The maximum atomic E-state index is 5.68. The van der Waals surface area contributed by atoms with E-state index >= 15 is 0 Å². The van der Waals surface area contributed by atoms with Gasteiger partial charge in [0.2, 0.25) is 0 Å². The Morgan fingerprint density at radius 3 is 2.79 bits per heavy atom. The van der Waals surface area contributed by atoms with Crippen LogP contribution in [0.1, 0.15) is 18.9 Å². The van der Waals surface area contributed by atoms with E-state index in [-0.39, 0.29) is 0 Å². The standard InChI is InChI=1S/C11H17NO2/c1-3-6-14-8-9-7-10(12)4-5-11(9)13-2/h4-5,7H,3,6,8,12H2,1-2H3. The second kappa shape index (κ2) is 5.50. The Bertz CT molecular complexity index is 287. The van der Waals surface area contributed by atoms with Gasteiger partial charge in [0.05, 0.1) is 13.7 Å². The zero-order chi connectivity index (χ0) is 10.4. The molecule has 3 heteroatoms. The first-order valence-corrected chi connectivity index (χ1v) is 4.78. The molecule has 1 aromatic rings. The van der Waals surface area contributed by atoms with E-state index in [2.05, 4.69) is 6.92 Å². The molecule has 0 fully saturated rings. The van der Waals surface area contributed by atoms with Crippen LogP contribution in [0.5, 0.6) is 5.75 Å². The summed E-state index contributed by atoms with van der Waals surface area (Å²) >= 11 is 0. The largest absolute Gasteiger partial charge is 0.496 e. The lowest BCUT2D eigenvalue weighted by molar-refractivity contribution is 0.119. The van der Waals surface area contributed by atoms with Crippen LogP contribution in [0, 0.1) is 0 Å². The molecule has 0 unspecified atom stereocenters. The molecule has 14 heavy (non-hydrogen) atoms. The molecule has 0 heterocycles. The number of ether oxygens (including phenoxy) is 2. The van der Waals surface area contributed by atoms with Crippen LogP contribution >= 0.6 is 0 Å². The van der Waals surface area contributed by atoms with Gasteiger partial charge in [-0.3, -0.25) is 0 Å². The molecule has 1 aromatic carbocycles. The average Bonchev–Trinajstić information content (AvgIpc) is 2.19. The van der Waals surface area contributed by atoms with Crippen molar-refractivity contribution in [2.45, 2.75) is 20.0 Å². The van der Waals surface area contributed by atoms with Gasteiger partial charge in [-0.25, -0.2) is 0 Å². The third kappa shape index (κ3) is 2.92. The van der Waals surface area contributed by atoms with Crippen molar-refractivity contribution < 1.29 is 9.47 Å². The quantitative estimate of drug-likeness (QED) is 0.578. The zero-order valence-electron chi connectivity index (χ0n) is 8.75. The van der Waals surface area contributed by atoms with Crippen molar-refractivity contribution in [3.8, 4) is 5.75 Å². The molecule has 0 radical (unpaired) electrons. The molecule has 1 rings (SSSR count). The van der Waals surface area contributed by atoms with Gasteiger partial charge in [0, 0.05) is 17.9 Å². The van der Waals surface area contributed by atoms with Crippen LogP contribution in [0.15, 0.2) is 18.2 Å². The molecule has 0 aliphatic carbocycles. The van der Waals surface area contributed by atoms with Gasteiger partial charge in [-0.2, -0.15) is 0 Å². The molecular weight excluding hydrogens is 178 g/mol. The van der Waals surface area contributed by atoms with E-state index < -0.39 is 0 Å². The van der Waals surface area contributed by atoms with Crippen molar-refractivity contribution in [3.05, 3.63) is 23.8 Å². The summed E-state index contributed by atoms with van der Waals surface area (Å²) in [6.45, 7) is 3.40. The Balaban J connectivity index is 2.67. The molecule has 0 aliphatic rings. The van der Waals surface area contributed by atoms with Gasteiger partial charge in [-0.1, -0.05) is 6.92 Å². The summed E-state index contributed by atoms with van der Waals surface area (Å²) in [7, 11) is 1.65. The Morgan fingerprint density at radius 2 is 2.14 bits per heavy atom. The molecule has 0 saturated heterocycles. The molecule has 0 bridgehead atoms. The normalized spacial score (nSPS) is 10.1. The number of nitrogen functional groups attached to an aromatic ring is 1. The molecule has 0 aromatic heterocycles. The van der Waals surface area contributed by atoms with Crippen LogP contribution in [-0.4, -0.2) is 13.7 Å². The fraction of sp³-hybridized carbons (Fsp3) is 0.455. The lowest BCUT2D eigenvalue weighted by Crippen LogP contribution is -1.98. The highest BCUT2D eigenvalue weighted by molar-refractivity contribution is 5.47. The summed E-state index contributed by atoms with van der Waals surface area (Å²) < 4.78 is 10.6. The van der Waals surface area contributed by atoms with Crippen molar-refractivity contribution in [2.75, 3.05) is 19.5 Å². The van der Waals surface area contributed by atoms with Crippen molar-refractivity contribution >= 4 is 5.69 Å². The monoisotopic (exact) mass is 195 g/mol. The molecule has 0 spiro atoms. The minimum absolute atomic E-state index is 0.558. The van der Waals surface area contributed by atoms with Gasteiger partial charge in [-0.05, 0) is 24.6 Å². The van der Waals surface area contributed by atoms with E-state index in [1.54, 1.807) is 7.11 Å². The number of benzene rings is 1. The minimum atomic E-state index is 0.558. The number of hydrogen-bond acceptors (Lipinski definition) is 3. The van der Waals surface area contributed by atoms with Crippen LogP contribution in [0.4, 0.5) is 5.69 Å². The van der Waals surface area contributed by atoms with Crippen LogP contribution < -0.4 is 10.5 Å². The Morgan fingerprint density at radius 1 is 1.36 bits per heavy atom. The SMILES string of the molecule is CCCOCc1cc(N)ccc1OC. The average molecular weight is 195 g/mol. The molecule has 78 valence electrons. The number of nitrogens with two attached hydrogens (primary N) is 1. The fourth-order valence-corrected chi connectivity index (χ4v) is 1.24. The first-order valence-electron chi connectivity index (χ1n) is 4.78. The second-order valence-corrected chi connectivity index (χ2v) is 3.12. The van der Waals surface area contributed by atoms with E-state index in [1.807, 2.05) is 18.2 Å². The molecule has 0 saturated carbocycles. The van der Waals surface area contributed by atoms with E-state index in [9.17, 15) is 0 Å². The third-order valence-electron chi connectivity index (χ3n) is 1.91. The molecule has 0 amide bonds. The summed E-state index contributed by atoms with van der Waals surface area (Å²) in [6, 6.07) is 5.57. The van der Waals surface area contributed by atoms with Gasteiger partial charge in [0.1, 0.15) is 5.75 Å². The minimum Gasteiger partial charge on any atom is -0.496 e. The van der Waals surface area contributed by atoms with Gasteiger partial charge in [-0.15, -0.1) is 0 Å². The fourth-order valence-electron chi connectivity index (χ4n) is 1.24. The predicted molar refractivity (Wildman–Crippen MR) is 57.4 cm³/mol. The van der Waals surface area contributed by atoms with Gasteiger partial charge in [0.25, 0.3) is 0 Å². The van der Waals surface area contributed by atoms with Crippen molar-refractivity contribution in [2.24, 2.45) is 0 Å². The topological polar surface area (TPSA) is 44.5 Å². The third-order valence-corrected chi connectivity index (χ3v) is 1.91. The van der Waals surface area contributed by atoms with Crippen LogP contribution in [0.25, 0.3) is 0 Å². The van der Waals surface area contributed by atoms with Gasteiger partial charge < -0.3 is 15.2 Å². The number of methoxy groups -OCH3 is 1. The van der Waals surface area contributed by atoms with E-state index in [0.717, 1.165) is 30.0 Å². The van der Waals surface area contributed by atoms with E-state index in [0.29, 0.717) is 6.61 Å². The first-order chi connectivity index (χ1) is 6.77. The molecule has 0 atom stereocenters. The Kier molecular flexibility index (Phi) is 4.26. The molecule has 2 N–H and O–H groups in total. The number of anilines is 1. The van der Waals surface area contributed by atoms with Crippen molar-refractivity contribution in [1.82, 2.24) is 0 Å². The molecule has 0 aliphatic heterocycles. The smallest absolute Gasteiger partial charge is 0.124 e. The lowest BCUT2D eigenvalue weighted by Gasteiger charge is -2.09. The second-order valence-electron chi connectivity index (χ2n) is 3.12. The zero-order valence-corrected chi connectivity index (χ0v) is 8.75. The Hall–Kier alpha value is -1.22. The van der Waals surface area contributed by atoms with Crippen LogP contribution in [0.2, 0.25) is 0 Å². The van der Waals surface area contributed by atoms with E-state index in [1.165, 1.54) is 0 Å². The Labute approximate surface area is 84.8 Å². The molecule has 3 nitrogen and oxygen atoms in total. The lowest BCUT2D eigenvalue weighted by atomic mass is 10.2. The van der Waals surface area contributed by atoms with Crippen LogP contribution in [0.3, 0.4) is 0 Å². The van der Waals surface area contributed by atoms with Crippen molar-refractivity contribution in [1.29, 1.82) is 0 Å². The molecular formula is C11H17NO2. The maximum absolute atomic E-state index is 5.68. The van der Waals surface area contributed by atoms with Gasteiger partial charge in [0.15, 0.2) is 0 Å². The maximum Gasteiger partial charge on any atom is 0.124 e. The predicted octanol–water partition coefficient (Wildman–Crippen LogP) is 2.20. The highest BCUT2D eigenvalue weighted by Crippen LogP contribution is 2.21. The van der Waals surface area contributed by atoms with E-state index in [4.69, 9.17) is 15.2 Å².